The third kappa shape index (κ3) is 6.91. The van der Waals surface area contributed by atoms with Crippen LogP contribution in [-0.2, 0) is 6.42 Å². The van der Waals surface area contributed by atoms with Crippen LogP contribution in [0.1, 0.15) is 115 Å². The Kier molecular flexibility index (Phi) is 9.38. The molecule has 0 unspecified atom stereocenters. The molecule has 0 aromatic carbocycles. The Labute approximate surface area is 149 Å². The Morgan fingerprint density at radius 3 is 2.08 bits per heavy atom. The Balaban J connectivity index is 1.66. The van der Waals surface area contributed by atoms with Crippen molar-refractivity contribution in [2.24, 2.45) is 5.92 Å². The summed E-state index contributed by atoms with van der Waals surface area (Å²) in [6.07, 6.45) is 23.1. The SMILES string of the molecule is CCCCCCC[C@H]1CC[C@H](c2ncc(CCCCC)cn2)CC1. The second-order valence-corrected chi connectivity index (χ2v) is 7.83. The number of aryl methyl sites for hydroxylation is 1. The van der Waals surface area contributed by atoms with E-state index >= 15 is 0 Å². The van der Waals surface area contributed by atoms with Gasteiger partial charge in [-0.05, 0) is 50.0 Å². The molecule has 0 spiro atoms. The molecule has 0 bridgehead atoms. The van der Waals surface area contributed by atoms with Crippen molar-refractivity contribution in [3.63, 3.8) is 0 Å². The molecule has 0 amide bonds. The molecule has 136 valence electrons. The Bertz CT molecular complexity index is 418. The first kappa shape index (κ1) is 19.4. The maximum Gasteiger partial charge on any atom is 0.131 e. The van der Waals surface area contributed by atoms with Crippen molar-refractivity contribution >= 4 is 0 Å². The molecule has 1 aromatic heterocycles. The summed E-state index contributed by atoms with van der Waals surface area (Å²) < 4.78 is 0. The smallest absolute Gasteiger partial charge is 0.131 e. The molecule has 0 N–H and O–H groups in total. The van der Waals surface area contributed by atoms with Gasteiger partial charge in [0.25, 0.3) is 0 Å². The van der Waals surface area contributed by atoms with Gasteiger partial charge in [0, 0.05) is 18.3 Å². The minimum absolute atomic E-state index is 0.617. The van der Waals surface area contributed by atoms with Gasteiger partial charge in [-0.15, -0.1) is 0 Å². The summed E-state index contributed by atoms with van der Waals surface area (Å²) in [5, 5.41) is 0. The highest BCUT2D eigenvalue weighted by Crippen LogP contribution is 2.36. The predicted octanol–water partition coefficient (Wildman–Crippen LogP) is 6.84. The van der Waals surface area contributed by atoms with Crippen molar-refractivity contribution < 1.29 is 0 Å². The van der Waals surface area contributed by atoms with Crippen molar-refractivity contribution in [3.8, 4) is 0 Å². The third-order valence-corrected chi connectivity index (χ3v) is 5.72. The van der Waals surface area contributed by atoms with Crippen molar-refractivity contribution in [1.82, 2.24) is 9.97 Å². The minimum atomic E-state index is 0.617. The lowest BCUT2D eigenvalue weighted by Gasteiger charge is -2.27. The van der Waals surface area contributed by atoms with Crippen LogP contribution in [0.4, 0.5) is 0 Å². The van der Waals surface area contributed by atoms with E-state index in [4.69, 9.17) is 9.97 Å². The highest BCUT2D eigenvalue weighted by molar-refractivity contribution is 5.08. The second kappa shape index (κ2) is 11.6. The van der Waals surface area contributed by atoms with Crippen LogP contribution in [0.5, 0.6) is 0 Å². The molecule has 1 aliphatic rings. The molecule has 0 aliphatic heterocycles. The lowest BCUT2D eigenvalue weighted by molar-refractivity contribution is 0.296. The summed E-state index contributed by atoms with van der Waals surface area (Å²) in [5.74, 6) is 2.69. The van der Waals surface area contributed by atoms with Gasteiger partial charge in [-0.25, -0.2) is 9.97 Å². The molecule has 0 saturated heterocycles. The number of hydrogen-bond acceptors (Lipinski definition) is 2. The third-order valence-electron chi connectivity index (χ3n) is 5.72. The molecule has 1 aliphatic carbocycles. The zero-order valence-corrected chi connectivity index (χ0v) is 16.1. The normalized spacial score (nSPS) is 21.1. The number of unbranched alkanes of at least 4 members (excludes halogenated alkanes) is 6. The average Bonchev–Trinajstić information content (AvgIpc) is 2.63. The summed E-state index contributed by atoms with van der Waals surface area (Å²) >= 11 is 0. The van der Waals surface area contributed by atoms with E-state index in [9.17, 15) is 0 Å². The maximum atomic E-state index is 4.69. The quantitative estimate of drug-likeness (QED) is 0.415. The van der Waals surface area contributed by atoms with Crippen LogP contribution in [0.2, 0.25) is 0 Å². The summed E-state index contributed by atoms with van der Waals surface area (Å²) in [6, 6.07) is 0. The molecule has 2 nitrogen and oxygen atoms in total. The average molecular weight is 331 g/mol. The van der Waals surface area contributed by atoms with Crippen molar-refractivity contribution in [2.75, 3.05) is 0 Å². The lowest BCUT2D eigenvalue weighted by Crippen LogP contribution is -2.15. The van der Waals surface area contributed by atoms with E-state index in [-0.39, 0.29) is 0 Å². The van der Waals surface area contributed by atoms with Crippen LogP contribution >= 0.6 is 0 Å². The van der Waals surface area contributed by atoms with E-state index in [2.05, 4.69) is 26.2 Å². The number of hydrogen-bond donors (Lipinski definition) is 0. The molecule has 1 heterocycles. The summed E-state index contributed by atoms with van der Waals surface area (Å²) in [6.45, 7) is 4.54. The zero-order chi connectivity index (χ0) is 17.0. The fourth-order valence-corrected chi connectivity index (χ4v) is 4.03. The summed E-state index contributed by atoms with van der Waals surface area (Å²) in [5.41, 5.74) is 1.31. The van der Waals surface area contributed by atoms with Gasteiger partial charge < -0.3 is 0 Å². The number of aromatic nitrogens is 2. The van der Waals surface area contributed by atoms with E-state index in [0.29, 0.717) is 5.92 Å². The van der Waals surface area contributed by atoms with Gasteiger partial charge >= 0.3 is 0 Å². The molecule has 1 aromatic rings. The molecule has 0 radical (unpaired) electrons. The zero-order valence-electron chi connectivity index (χ0n) is 16.1. The van der Waals surface area contributed by atoms with E-state index < -0.39 is 0 Å². The molecule has 2 rings (SSSR count). The Morgan fingerprint density at radius 2 is 1.42 bits per heavy atom. The van der Waals surface area contributed by atoms with Gasteiger partial charge in [0.05, 0.1) is 0 Å². The Morgan fingerprint density at radius 1 is 0.792 bits per heavy atom. The molecular formula is C22H38N2. The van der Waals surface area contributed by atoms with Gasteiger partial charge in [0.15, 0.2) is 0 Å². The summed E-state index contributed by atoms with van der Waals surface area (Å²) in [4.78, 5) is 9.38. The first-order valence-corrected chi connectivity index (χ1v) is 10.6. The van der Waals surface area contributed by atoms with Crippen LogP contribution in [0.3, 0.4) is 0 Å². The van der Waals surface area contributed by atoms with Crippen molar-refractivity contribution in [1.29, 1.82) is 0 Å². The second-order valence-electron chi connectivity index (χ2n) is 7.83. The van der Waals surface area contributed by atoms with E-state index in [1.54, 1.807) is 0 Å². The first-order chi connectivity index (χ1) is 11.8. The van der Waals surface area contributed by atoms with Crippen LogP contribution in [0, 0.1) is 5.92 Å². The van der Waals surface area contributed by atoms with Crippen LogP contribution in [0.25, 0.3) is 0 Å². The predicted molar refractivity (Wildman–Crippen MR) is 103 cm³/mol. The van der Waals surface area contributed by atoms with E-state index in [1.165, 1.54) is 89.0 Å². The van der Waals surface area contributed by atoms with Gasteiger partial charge in [-0.3, -0.25) is 0 Å². The molecule has 2 heteroatoms. The van der Waals surface area contributed by atoms with Crippen LogP contribution < -0.4 is 0 Å². The topological polar surface area (TPSA) is 25.8 Å². The van der Waals surface area contributed by atoms with Gasteiger partial charge in [0.2, 0.25) is 0 Å². The minimum Gasteiger partial charge on any atom is -0.241 e. The lowest BCUT2D eigenvalue weighted by atomic mass is 9.79. The molecule has 1 fully saturated rings. The highest BCUT2D eigenvalue weighted by atomic mass is 14.9. The van der Waals surface area contributed by atoms with Gasteiger partial charge in [-0.2, -0.15) is 0 Å². The van der Waals surface area contributed by atoms with Crippen molar-refractivity contribution in [2.45, 2.75) is 110 Å². The number of rotatable bonds is 11. The van der Waals surface area contributed by atoms with Gasteiger partial charge in [-0.1, -0.05) is 65.2 Å². The number of nitrogens with zero attached hydrogens (tertiary/aromatic N) is 2. The van der Waals surface area contributed by atoms with Crippen LogP contribution in [-0.4, -0.2) is 9.97 Å². The fourth-order valence-electron chi connectivity index (χ4n) is 4.03. The molecule has 1 saturated carbocycles. The maximum absolute atomic E-state index is 4.69. The van der Waals surface area contributed by atoms with E-state index in [1.807, 2.05) is 0 Å². The standard InChI is InChI=1S/C22H38N2/c1-3-5-7-8-10-11-19-13-15-21(16-14-19)22-23-17-20(18-24-22)12-9-6-4-2/h17-19,21H,3-16H2,1-2H3/t19-,21-. The first-order valence-electron chi connectivity index (χ1n) is 10.6. The summed E-state index contributed by atoms with van der Waals surface area (Å²) in [7, 11) is 0. The largest absolute Gasteiger partial charge is 0.241 e. The molecule has 24 heavy (non-hydrogen) atoms. The van der Waals surface area contributed by atoms with Crippen LogP contribution in [0.15, 0.2) is 12.4 Å². The molecule has 0 atom stereocenters. The van der Waals surface area contributed by atoms with E-state index in [0.717, 1.165) is 18.2 Å². The fraction of sp³-hybridized carbons (Fsp3) is 0.818. The monoisotopic (exact) mass is 330 g/mol. The van der Waals surface area contributed by atoms with Crippen molar-refractivity contribution in [3.05, 3.63) is 23.8 Å². The highest BCUT2D eigenvalue weighted by Gasteiger charge is 2.23. The Hall–Kier alpha value is -0.920. The van der Waals surface area contributed by atoms with Gasteiger partial charge in [0.1, 0.15) is 5.82 Å². The molecular weight excluding hydrogens is 292 g/mol.